The van der Waals surface area contributed by atoms with Crippen LogP contribution < -0.4 is 10.2 Å². The Hall–Kier alpha value is -0.770. The van der Waals surface area contributed by atoms with Crippen molar-refractivity contribution in [3.05, 3.63) is 29.3 Å². The Morgan fingerprint density at radius 2 is 1.95 bits per heavy atom. The smallest absolute Gasteiger partial charge is 0.0639 e. The molecule has 2 heterocycles. The van der Waals surface area contributed by atoms with Gasteiger partial charge in [0.05, 0.1) is 10.7 Å². The summed E-state index contributed by atoms with van der Waals surface area (Å²) in [6.45, 7) is 8.13. The highest BCUT2D eigenvalue weighted by Gasteiger charge is 2.22. The molecule has 0 saturated carbocycles. The zero-order valence-electron chi connectivity index (χ0n) is 11.3. The number of halogens is 1. The number of nitrogens with zero attached hydrogens (tertiary/aromatic N) is 2. The lowest BCUT2D eigenvalue weighted by Crippen LogP contribution is -2.48. The van der Waals surface area contributed by atoms with E-state index >= 15 is 0 Å². The second kappa shape index (κ2) is 6.12. The van der Waals surface area contributed by atoms with Crippen molar-refractivity contribution >= 4 is 17.3 Å². The highest BCUT2D eigenvalue weighted by molar-refractivity contribution is 6.33. The fourth-order valence-electron chi connectivity index (χ4n) is 3.11. The van der Waals surface area contributed by atoms with Crippen LogP contribution in [0.25, 0.3) is 0 Å². The first-order valence-electron chi connectivity index (χ1n) is 7.25. The van der Waals surface area contributed by atoms with Crippen LogP contribution in [0.3, 0.4) is 0 Å². The quantitative estimate of drug-likeness (QED) is 0.914. The van der Waals surface area contributed by atoms with Gasteiger partial charge in [-0.3, -0.25) is 4.90 Å². The zero-order valence-corrected chi connectivity index (χ0v) is 12.1. The van der Waals surface area contributed by atoms with Crippen molar-refractivity contribution in [2.45, 2.75) is 6.42 Å². The molecule has 1 unspecified atom stereocenters. The van der Waals surface area contributed by atoms with Gasteiger partial charge >= 0.3 is 0 Å². The number of benzene rings is 1. The van der Waals surface area contributed by atoms with E-state index in [4.69, 9.17) is 11.6 Å². The van der Waals surface area contributed by atoms with Crippen LogP contribution in [0, 0.1) is 5.92 Å². The maximum absolute atomic E-state index is 6.27. The molecule has 1 aromatic rings. The molecule has 0 aliphatic carbocycles. The van der Waals surface area contributed by atoms with E-state index in [1.54, 1.807) is 0 Å². The molecule has 1 atom stereocenters. The molecule has 0 amide bonds. The second-order valence-corrected chi connectivity index (χ2v) is 6.01. The maximum Gasteiger partial charge on any atom is 0.0639 e. The fourth-order valence-corrected chi connectivity index (χ4v) is 3.37. The normalized spacial score (nSPS) is 24.9. The monoisotopic (exact) mass is 279 g/mol. The number of nitrogens with one attached hydrogen (secondary N) is 1. The summed E-state index contributed by atoms with van der Waals surface area (Å²) in [4.78, 5) is 5.01. The Morgan fingerprint density at radius 1 is 1.16 bits per heavy atom. The number of hydrogen-bond donors (Lipinski definition) is 1. The third-order valence-corrected chi connectivity index (χ3v) is 4.56. The molecule has 0 bridgehead atoms. The Labute approximate surface area is 120 Å². The summed E-state index contributed by atoms with van der Waals surface area (Å²) in [6, 6.07) is 8.17. The molecule has 3 nitrogen and oxygen atoms in total. The molecule has 104 valence electrons. The van der Waals surface area contributed by atoms with Crippen LogP contribution >= 0.6 is 11.6 Å². The van der Waals surface area contributed by atoms with E-state index in [9.17, 15) is 0 Å². The molecule has 0 spiro atoms. The summed E-state index contributed by atoms with van der Waals surface area (Å²) in [5.74, 6) is 0.854. The summed E-state index contributed by atoms with van der Waals surface area (Å²) in [7, 11) is 0. The number of para-hydroxylation sites is 1. The van der Waals surface area contributed by atoms with Crippen molar-refractivity contribution in [3.8, 4) is 0 Å². The van der Waals surface area contributed by atoms with Gasteiger partial charge in [-0.2, -0.15) is 0 Å². The van der Waals surface area contributed by atoms with Gasteiger partial charge in [-0.25, -0.2) is 0 Å². The highest BCUT2D eigenvalue weighted by Crippen LogP contribution is 2.26. The summed E-state index contributed by atoms with van der Waals surface area (Å²) in [6.07, 6.45) is 1.34. The van der Waals surface area contributed by atoms with Gasteiger partial charge in [-0.15, -0.1) is 0 Å². The van der Waals surface area contributed by atoms with E-state index in [-0.39, 0.29) is 0 Å². The average Bonchev–Trinajstić information content (AvgIpc) is 2.93. The maximum atomic E-state index is 6.27. The fraction of sp³-hybridized carbons (Fsp3) is 0.600. The van der Waals surface area contributed by atoms with Crippen molar-refractivity contribution < 1.29 is 0 Å². The minimum absolute atomic E-state index is 0.854. The highest BCUT2D eigenvalue weighted by atomic mass is 35.5. The molecule has 1 aromatic carbocycles. The first kappa shape index (κ1) is 13.2. The molecular formula is C15H22ClN3. The molecular weight excluding hydrogens is 258 g/mol. The van der Waals surface area contributed by atoms with Crippen LogP contribution in [0.2, 0.25) is 5.02 Å². The molecule has 2 fully saturated rings. The number of anilines is 1. The van der Waals surface area contributed by atoms with Crippen LogP contribution in [0.4, 0.5) is 5.69 Å². The van der Waals surface area contributed by atoms with Crippen LogP contribution in [0.15, 0.2) is 24.3 Å². The molecule has 1 N–H and O–H groups in total. The van der Waals surface area contributed by atoms with Crippen molar-refractivity contribution in [2.24, 2.45) is 5.92 Å². The summed E-state index contributed by atoms with van der Waals surface area (Å²) in [5, 5.41) is 4.32. The van der Waals surface area contributed by atoms with E-state index in [0.29, 0.717) is 0 Å². The molecule has 0 radical (unpaired) electrons. The standard InChI is InChI=1S/C15H22ClN3/c16-14-3-1-2-4-15(14)19-9-7-18(8-10-19)12-13-5-6-17-11-13/h1-4,13,17H,5-12H2. The van der Waals surface area contributed by atoms with E-state index < -0.39 is 0 Å². The average molecular weight is 280 g/mol. The Bertz CT molecular complexity index is 410. The van der Waals surface area contributed by atoms with Gasteiger partial charge in [0, 0.05) is 32.7 Å². The first-order chi connectivity index (χ1) is 9.33. The van der Waals surface area contributed by atoms with Gasteiger partial charge in [0.2, 0.25) is 0 Å². The predicted molar refractivity (Wildman–Crippen MR) is 81.1 cm³/mol. The van der Waals surface area contributed by atoms with E-state index in [1.807, 2.05) is 12.1 Å². The summed E-state index contributed by atoms with van der Waals surface area (Å²) in [5.41, 5.74) is 1.19. The number of piperazine rings is 1. The van der Waals surface area contributed by atoms with E-state index in [0.717, 1.165) is 37.1 Å². The second-order valence-electron chi connectivity index (χ2n) is 5.60. The van der Waals surface area contributed by atoms with Gasteiger partial charge in [-0.1, -0.05) is 23.7 Å². The largest absolute Gasteiger partial charge is 0.368 e. The Balaban J connectivity index is 1.53. The minimum Gasteiger partial charge on any atom is -0.368 e. The van der Waals surface area contributed by atoms with E-state index in [1.165, 1.54) is 31.7 Å². The van der Waals surface area contributed by atoms with Crippen molar-refractivity contribution in [2.75, 3.05) is 50.7 Å². The number of rotatable bonds is 3. The van der Waals surface area contributed by atoms with Crippen molar-refractivity contribution in [1.29, 1.82) is 0 Å². The van der Waals surface area contributed by atoms with Gasteiger partial charge in [0.25, 0.3) is 0 Å². The van der Waals surface area contributed by atoms with Crippen molar-refractivity contribution in [1.82, 2.24) is 10.2 Å². The van der Waals surface area contributed by atoms with Gasteiger partial charge in [0.15, 0.2) is 0 Å². The predicted octanol–water partition coefficient (Wildman–Crippen LogP) is 2.07. The molecule has 2 saturated heterocycles. The topological polar surface area (TPSA) is 18.5 Å². The van der Waals surface area contributed by atoms with Crippen molar-refractivity contribution in [3.63, 3.8) is 0 Å². The number of hydrogen-bond acceptors (Lipinski definition) is 3. The lowest BCUT2D eigenvalue weighted by atomic mass is 10.1. The van der Waals surface area contributed by atoms with Crippen LogP contribution in [0.5, 0.6) is 0 Å². The third-order valence-electron chi connectivity index (χ3n) is 4.24. The Kier molecular flexibility index (Phi) is 4.26. The third kappa shape index (κ3) is 3.22. The summed E-state index contributed by atoms with van der Waals surface area (Å²) >= 11 is 6.27. The Morgan fingerprint density at radius 3 is 2.63 bits per heavy atom. The van der Waals surface area contributed by atoms with Gasteiger partial charge in [0.1, 0.15) is 0 Å². The molecule has 0 aromatic heterocycles. The molecule has 4 heteroatoms. The lowest BCUT2D eigenvalue weighted by Gasteiger charge is -2.37. The van der Waals surface area contributed by atoms with Crippen LogP contribution in [-0.4, -0.2) is 50.7 Å². The lowest BCUT2D eigenvalue weighted by molar-refractivity contribution is 0.225. The zero-order chi connectivity index (χ0) is 13.1. The molecule has 2 aliphatic heterocycles. The summed E-state index contributed by atoms with van der Waals surface area (Å²) < 4.78 is 0. The van der Waals surface area contributed by atoms with Gasteiger partial charge in [-0.05, 0) is 37.6 Å². The molecule has 2 aliphatic rings. The van der Waals surface area contributed by atoms with Gasteiger partial charge < -0.3 is 10.2 Å². The van der Waals surface area contributed by atoms with Crippen LogP contribution in [0.1, 0.15) is 6.42 Å². The first-order valence-corrected chi connectivity index (χ1v) is 7.63. The molecule has 3 rings (SSSR count). The minimum atomic E-state index is 0.854. The van der Waals surface area contributed by atoms with Crippen LogP contribution in [-0.2, 0) is 0 Å². The SMILES string of the molecule is Clc1ccccc1N1CCN(CC2CCNC2)CC1. The van der Waals surface area contributed by atoms with E-state index in [2.05, 4.69) is 27.2 Å². The molecule has 19 heavy (non-hydrogen) atoms.